The molecular formula is C23H23NO4. The SMILES string of the molecule is COC(=O)c1ccc([C@@H]2Nc3c(C(=O)O)cccc3[C@@H]3[C@H]4CC[C@H](C4)[C@@H]32)cc1. The summed E-state index contributed by atoms with van der Waals surface area (Å²) in [5, 5.41) is 13.3. The molecule has 5 nitrogen and oxygen atoms in total. The molecule has 5 atom stereocenters. The average molecular weight is 377 g/mol. The Kier molecular flexibility index (Phi) is 3.93. The van der Waals surface area contributed by atoms with Crippen LogP contribution < -0.4 is 5.32 Å². The highest BCUT2D eigenvalue weighted by molar-refractivity contribution is 5.95. The van der Waals surface area contributed by atoms with Gasteiger partial charge < -0.3 is 15.2 Å². The van der Waals surface area contributed by atoms with Crippen molar-refractivity contribution in [2.24, 2.45) is 17.8 Å². The fraction of sp³-hybridized carbons (Fsp3) is 0.391. The van der Waals surface area contributed by atoms with Crippen molar-refractivity contribution in [3.05, 3.63) is 64.7 Å². The van der Waals surface area contributed by atoms with Crippen LogP contribution in [0.2, 0.25) is 0 Å². The minimum atomic E-state index is -0.897. The molecule has 1 aliphatic heterocycles. The number of hydrogen-bond acceptors (Lipinski definition) is 4. The minimum absolute atomic E-state index is 0.0556. The normalized spacial score (nSPS) is 29.5. The van der Waals surface area contributed by atoms with Gasteiger partial charge in [-0.3, -0.25) is 0 Å². The molecule has 1 heterocycles. The summed E-state index contributed by atoms with van der Waals surface area (Å²) in [6.07, 6.45) is 3.71. The molecule has 2 aromatic rings. The Bertz CT molecular complexity index is 952. The molecule has 2 aliphatic carbocycles. The molecule has 28 heavy (non-hydrogen) atoms. The number of carbonyl (C=O) groups excluding carboxylic acids is 1. The maximum Gasteiger partial charge on any atom is 0.337 e. The predicted octanol–water partition coefficient (Wildman–Crippen LogP) is 4.47. The molecule has 0 aromatic heterocycles. The van der Waals surface area contributed by atoms with E-state index in [1.165, 1.54) is 31.9 Å². The van der Waals surface area contributed by atoms with E-state index in [-0.39, 0.29) is 12.0 Å². The number of methoxy groups -OCH3 is 1. The molecule has 2 bridgehead atoms. The zero-order valence-corrected chi connectivity index (χ0v) is 15.7. The van der Waals surface area contributed by atoms with Gasteiger partial charge in [-0.1, -0.05) is 24.3 Å². The number of ether oxygens (including phenoxy) is 1. The van der Waals surface area contributed by atoms with Crippen molar-refractivity contribution in [3.63, 3.8) is 0 Å². The molecule has 5 rings (SSSR count). The number of para-hydroxylation sites is 1. The molecule has 0 saturated heterocycles. The van der Waals surface area contributed by atoms with Gasteiger partial charge in [0.1, 0.15) is 0 Å². The molecule has 2 fully saturated rings. The Morgan fingerprint density at radius 3 is 2.54 bits per heavy atom. The molecule has 0 radical (unpaired) electrons. The van der Waals surface area contributed by atoms with Crippen LogP contribution >= 0.6 is 0 Å². The van der Waals surface area contributed by atoms with Crippen LogP contribution in [0.15, 0.2) is 42.5 Å². The zero-order chi connectivity index (χ0) is 19.4. The van der Waals surface area contributed by atoms with E-state index in [1.807, 2.05) is 18.2 Å². The van der Waals surface area contributed by atoms with Crippen molar-refractivity contribution in [3.8, 4) is 0 Å². The molecule has 0 amide bonds. The van der Waals surface area contributed by atoms with Crippen LogP contribution in [0.1, 0.15) is 63.1 Å². The van der Waals surface area contributed by atoms with Crippen LogP contribution in [0.4, 0.5) is 5.69 Å². The minimum Gasteiger partial charge on any atom is -0.478 e. The van der Waals surface area contributed by atoms with Gasteiger partial charge in [0.2, 0.25) is 0 Å². The van der Waals surface area contributed by atoms with Gasteiger partial charge >= 0.3 is 11.9 Å². The second-order valence-electron chi connectivity index (χ2n) is 8.25. The number of carboxylic acids is 1. The Hall–Kier alpha value is -2.82. The van der Waals surface area contributed by atoms with Gasteiger partial charge in [0.15, 0.2) is 0 Å². The molecule has 0 unspecified atom stereocenters. The van der Waals surface area contributed by atoms with E-state index >= 15 is 0 Å². The molecule has 2 saturated carbocycles. The summed E-state index contributed by atoms with van der Waals surface area (Å²) < 4.78 is 4.80. The van der Waals surface area contributed by atoms with Crippen LogP contribution in [-0.4, -0.2) is 24.2 Å². The molecule has 2 N–H and O–H groups in total. The van der Waals surface area contributed by atoms with Gasteiger partial charge in [-0.25, -0.2) is 9.59 Å². The van der Waals surface area contributed by atoms with E-state index in [2.05, 4.69) is 11.4 Å². The van der Waals surface area contributed by atoms with Gasteiger partial charge in [0, 0.05) is 0 Å². The third kappa shape index (κ3) is 2.45. The van der Waals surface area contributed by atoms with Gasteiger partial charge in [0.05, 0.1) is 30.0 Å². The summed E-state index contributed by atoms with van der Waals surface area (Å²) in [6.45, 7) is 0. The topological polar surface area (TPSA) is 75.6 Å². The second-order valence-corrected chi connectivity index (χ2v) is 8.25. The lowest BCUT2D eigenvalue weighted by Gasteiger charge is -2.44. The number of anilines is 1. The number of rotatable bonds is 3. The summed E-state index contributed by atoms with van der Waals surface area (Å²) >= 11 is 0. The van der Waals surface area contributed by atoms with E-state index < -0.39 is 5.97 Å². The number of carbonyl (C=O) groups is 2. The summed E-state index contributed by atoms with van der Waals surface area (Å²) in [7, 11) is 1.38. The van der Waals surface area contributed by atoms with Crippen LogP contribution in [0.5, 0.6) is 0 Å². The molecule has 5 heteroatoms. The van der Waals surface area contributed by atoms with Crippen molar-refractivity contribution >= 4 is 17.6 Å². The quantitative estimate of drug-likeness (QED) is 0.772. The monoisotopic (exact) mass is 377 g/mol. The van der Waals surface area contributed by atoms with E-state index in [4.69, 9.17) is 4.74 Å². The number of benzene rings is 2. The first-order valence-electron chi connectivity index (χ1n) is 9.89. The zero-order valence-electron chi connectivity index (χ0n) is 15.7. The summed E-state index contributed by atoms with van der Waals surface area (Å²) in [5.41, 5.74) is 3.90. The van der Waals surface area contributed by atoms with Gasteiger partial charge in [-0.15, -0.1) is 0 Å². The first-order chi connectivity index (χ1) is 13.6. The second kappa shape index (κ2) is 6.36. The predicted molar refractivity (Wildman–Crippen MR) is 105 cm³/mol. The highest BCUT2D eigenvalue weighted by Gasteiger charge is 2.54. The van der Waals surface area contributed by atoms with Crippen LogP contribution in [0.3, 0.4) is 0 Å². The van der Waals surface area contributed by atoms with E-state index in [0.29, 0.717) is 34.8 Å². The summed E-state index contributed by atoms with van der Waals surface area (Å²) in [5.74, 6) is 0.912. The van der Waals surface area contributed by atoms with Crippen molar-refractivity contribution in [2.75, 3.05) is 12.4 Å². The Balaban J connectivity index is 1.59. The van der Waals surface area contributed by atoms with E-state index in [9.17, 15) is 14.7 Å². The molecule has 144 valence electrons. The highest BCUT2D eigenvalue weighted by Crippen LogP contribution is 2.63. The van der Waals surface area contributed by atoms with Crippen molar-refractivity contribution < 1.29 is 19.4 Å². The Morgan fingerprint density at radius 1 is 1.07 bits per heavy atom. The number of esters is 1. The highest BCUT2D eigenvalue weighted by atomic mass is 16.5. The Labute approximate surface area is 163 Å². The molecular weight excluding hydrogens is 354 g/mol. The first kappa shape index (κ1) is 17.3. The van der Waals surface area contributed by atoms with Gasteiger partial charge in [0.25, 0.3) is 0 Å². The van der Waals surface area contributed by atoms with Crippen molar-refractivity contribution in [1.82, 2.24) is 0 Å². The van der Waals surface area contributed by atoms with Gasteiger partial charge in [-0.05, 0) is 72.3 Å². The number of nitrogens with one attached hydrogen (secondary N) is 1. The van der Waals surface area contributed by atoms with Crippen LogP contribution in [0.25, 0.3) is 0 Å². The standard InChI is InChI=1S/C23H23NO4/c1-28-23(27)13-7-5-12(6-8-13)20-19-15-10-9-14(11-15)18(19)16-3-2-4-17(22(25)26)21(16)24-20/h2-8,14-15,18-20,24H,9-11H2,1H3,(H,25,26)/t14-,15+,18-,19-,20-/m0/s1. The number of carboxylic acid groups (broad SMARTS) is 1. The molecule has 0 spiro atoms. The molecule has 3 aliphatic rings. The van der Waals surface area contributed by atoms with Crippen LogP contribution in [0, 0.1) is 17.8 Å². The maximum atomic E-state index is 11.8. The lowest BCUT2D eigenvalue weighted by Crippen LogP contribution is -2.36. The smallest absolute Gasteiger partial charge is 0.337 e. The fourth-order valence-corrected chi connectivity index (χ4v) is 5.97. The fourth-order valence-electron chi connectivity index (χ4n) is 5.97. The van der Waals surface area contributed by atoms with Crippen LogP contribution in [-0.2, 0) is 4.74 Å². The number of fused-ring (bicyclic) bond motifs is 7. The average Bonchev–Trinajstić information content (AvgIpc) is 3.35. The van der Waals surface area contributed by atoms with Gasteiger partial charge in [-0.2, -0.15) is 0 Å². The van der Waals surface area contributed by atoms with Crippen molar-refractivity contribution in [2.45, 2.75) is 31.2 Å². The largest absolute Gasteiger partial charge is 0.478 e. The Morgan fingerprint density at radius 2 is 1.82 bits per heavy atom. The lowest BCUT2D eigenvalue weighted by molar-refractivity contribution is 0.0599. The summed E-state index contributed by atoms with van der Waals surface area (Å²) in [6, 6.07) is 13.2. The lowest BCUT2D eigenvalue weighted by atomic mass is 9.67. The first-order valence-corrected chi connectivity index (χ1v) is 9.89. The third-order valence-electron chi connectivity index (χ3n) is 7.04. The van der Waals surface area contributed by atoms with Crippen molar-refractivity contribution in [1.29, 1.82) is 0 Å². The maximum absolute atomic E-state index is 11.8. The third-order valence-corrected chi connectivity index (χ3v) is 7.04. The number of aromatic carboxylic acids is 1. The summed E-state index contributed by atoms with van der Waals surface area (Å²) in [4.78, 5) is 23.6. The number of hydrogen-bond donors (Lipinski definition) is 2. The molecule has 2 aromatic carbocycles. The van der Waals surface area contributed by atoms with E-state index in [0.717, 1.165) is 11.3 Å². The van der Waals surface area contributed by atoms with E-state index in [1.54, 1.807) is 18.2 Å².